The molecule has 2 aliphatic rings. The largest absolute Gasteiger partial charge is 0.325 e. The summed E-state index contributed by atoms with van der Waals surface area (Å²) in [5.74, 6) is -0.835. The second-order valence-electron chi connectivity index (χ2n) is 6.25. The molecule has 24 heavy (non-hydrogen) atoms. The second kappa shape index (κ2) is 7.23. The van der Waals surface area contributed by atoms with Crippen LogP contribution in [0.1, 0.15) is 32.1 Å². The van der Waals surface area contributed by atoms with Crippen molar-refractivity contribution in [2.24, 2.45) is 11.8 Å². The molecule has 0 spiro atoms. The number of benzene rings is 1. The minimum Gasteiger partial charge on any atom is -0.325 e. The van der Waals surface area contributed by atoms with Crippen LogP contribution in [0.2, 0.25) is 5.02 Å². The van der Waals surface area contributed by atoms with Crippen LogP contribution in [0.5, 0.6) is 0 Å². The number of nitrogens with one attached hydrogen (secondary N) is 1. The van der Waals surface area contributed by atoms with Crippen LogP contribution in [0.4, 0.5) is 5.69 Å². The van der Waals surface area contributed by atoms with Crippen molar-refractivity contribution in [1.29, 1.82) is 0 Å². The molecule has 1 saturated carbocycles. The molecular formula is C17H18BrClN2O3. The second-order valence-corrected chi connectivity index (χ2v) is 7.57. The highest BCUT2D eigenvalue weighted by Gasteiger charge is 2.47. The number of carbonyl (C=O) groups is 3. The average molecular weight is 414 g/mol. The van der Waals surface area contributed by atoms with Crippen molar-refractivity contribution in [1.82, 2.24) is 4.90 Å². The average Bonchev–Trinajstić information content (AvgIpc) is 2.80. The summed E-state index contributed by atoms with van der Waals surface area (Å²) in [7, 11) is 0. The number of likely N-dealkylation sites (tertiary alicyclic amines) is 1. The molecule has 3 amide bonds. The number of anilines is 1. The molecule has 1 N–H and O–H groups in total. The van der Waals surface area contributed by atoms with Gasteiger partial charge in [0, 0.05) is 17.4 Å². The number of nitrogens with zero attached hydrogens (tertiary/aromatic N) is 1. The van der Waals surface area contributed by atoms with Crippen LogP contribution in [0.3, 0.4) is 0 Å². The van der Waals surface area contributed by atoms with Crippen LogP contribution in [-0.2, 0) is 14.4 Å². The van der Waals surface area contributed by atoms with Gasteiger partial charge in [-0.1, -0.05) is 40.4 Å². The Balaban J connectivity index is 1.58. The lowest BCUT2D eigenvalue weighted by Crippen LogP contribution is -2.34. The summed E-state index contributed by atoms with van der Waals surface area (Å²) < 4.78 is 0.821. The van der Waals surface area contributed by atoms with E-state index in [9.17, 15) is 14.4 Å². The first-order valence-electron chi connectivity index (χ1n) is 8.07. The van der Waals surface area contributed by atoms with Crippen LogP contribution in [-0.4, -0.2) is 29.2 Å². The third kappa shape index (κ3) is 3.49. The van der Waals surface area contributed by atoms with E-state index < -0.39 is 0 Å². The van der Waals surface area contributed by atoms with Gasteiger partial charge in [-0.2, -0.15) is 0 Å². The summed E-state index contributed by atoms with van der Waals surface area (Å²) in [6, 6.07) is 5.17. The predicted molar refractivity (Wildman–Crippen MR) is 94.6 cm³/mol. The predicted octanol–water partition coefficient (Wildman–Crippen LogP) is 3.61. The Hall–Kier alpha value is -1.40. The lowest BCUT2D eigenvalue weighted by Gasteiger charge is -2.19. The molecule has 1 aromatic rings. The summed E-state index contributed by atoms with van der Waals surface area (Å²) in [6.45, 7) is 0.130. The summed E-state index contributed by atoms with van der Waals surface area (Å²) in [6.07, 6.45) is 3.63. The number of amides is 3. The number of rotatable bonds is 4. The molecule has 2 unspecified atom stereocenters. The minimum absolute atomic E-state index is 0.0727. The summed E-state index contributed by atoms with van der Waals surface area (Å²) in [5.41, 5.74) is 0.512. The number of hydrogen-bond donors (Lipinski definition) is 1. The summed E-state index contributed by atoms with van der Waals surface area (Å²) in [5, 5.41) is 3.14. The molecular weight excluding hydrogens is 396 g/mol. The number of hydrogen-bond acceptors (Lipinski definition) is 3. The molecule has 7 heteroatoms. The highest BCUT2D eigenvalue weighted by Crippen LogP contribution is 2.38. The Morgan fingerprint density at radius 2 is 1.83 bits per heavy atom. The molecule has 128 valence electrons. The SMILES string of the molecule is O=C(CCN1C(=O)C2CCCCC2C1=O)Nc1ccc(Br)cc1Cl. The van der Waals surface area contributed by atoms with Crippen molar-refractivity contribution in [2.75, 3.05) is 11.9 Å². The summed E-state index contributed by atoms with van der Waals surface area (Å²) >= 11 is 9.37. The van der Waals surface area contributed by atoms with Crippen molar-refractivity contribution in [3.05, 3.63) is 27.7 Å². The molecule has 2 fully saturated rings. The molecule has 5 nitrogen and oxygen atoms in total. The fourth-order valence-corrected chi connectivity index (χ4v) is 4.19. The zero-order valence-corrected chi connectivity index (χ0v) is 15.4. The van der Waals surface area contributed by atoms with Crippen molar-refractivity contribution in [3.63, 3.8) is 0 Å². The highest BCUT2D eigenvalue weighted by atomic mass is 79.9. The zero-order chi connectivity index (χ0) is 17.3. The summed E-state index contributed by atoms with van der Waals surface area (Å²) in [4.78, 5) is 38.1. The lowest BCUT2D eigenvalue weighted by atomic mass is 9.81. The van der Waals surface area contributed by atoms with E-state index in [0.717, 1.165) is 30.2 Å². The van der Waals surface area contributed by atoms with Gasteiger partial charge in [-0.15, -0.1) is 0 Å². The quantitative estimate of drug-likeness (QED) is 0.767. The van der Waals surface area contributed by atoms with Crippen molar-refractivity contribution in [2.45, 2.75) is 32.1 Å². The van der Waals surface area contributed by atoms with Crippen molar-refractivity contribution < 1.29 is 14.4 Å². The fourth-order valence-electron chi connectivity index (χ4n) is 3.47. The van der Waals surface area contributed by atoms with Gasteiger partial charge in [-0.3, -0.25) is 19.3 Å². The van der Waals surface area contributed by atoms with Crippen LogP contribution in [0.15, 0.2) is 22.7 Å². The maximum Gasteiger partial charge on any atom is 0.233 e. The van der Waals surface area contributed by atoms with Gasteiger partial charge in [0.1, 0.15) is 0 Å². The molecule has 1 heterocycles. The molecule has 0 radical (unpaired) electrons. The normalized spacial score (nSPS) is 23.3. The van der Waals surface area contributed by atoms with Crippen LogP contribution in [0.25, 0.3) is 0 Å². The Kier molecular flexibility index (Phi) is 5.25. The van der Waals surface area contributed by atoms with E-state index in [2.05, 4.69) is 21.2 Å². The van der Waals surface area contributed by atoms with E-state index in [4.69, 9.17) is 11.6 Å². The van der Waals surface area contributed by atoms with Crippen molar-refractivity contribution in [3.8, 4) is 0 Å². The van der Waals surface area contributed by atoms with Crippen LogP contribution in [0, 0.1) is 11.8 Å². The number of halogens is 2. The first-order valence-corrected chi connectivity index (χ1v) is 9.24. The molecule has 1 aliphatic carbocycles. The highest BCUT2D eigenvalue weighted by molar-refractivity contribution is 9.10. The molecule has 2 atom stereocenters. The molecule has 0 aromatic heterocycles. The van der Waals surface area contributed by atoms with E-state index in [0.29, 0.717) is 10.7 Å². The lowest BCUT2D eigenvalue weighted by molar-refractivity contribution is -0.140. The van der Waals surface area contributed by atoms with Crippen molar-refractivity contribution >= 4 is 50.9 Å². The van der Waals surface area contributed by atoms with Gasteiger partial charge in [0.25, 0.3) is 0 Å². The minimum atomic E-state index is -0.269. The van der Waals surface area contributed by atoms with E-state index >= 15 is 0 Å². The third-order valence-electron chi connectivity index (χ3n) is 4.70. The van der Waals surface area contributed by atoms with Gasteiger partial charge in [-0.25, -0.2) is 0 Å². The number of fused-ring (bicyclic) bond motifs is 1. The van der Waals surface area contributed by atoms with Crippen LogP contribution < -0.4 is 5.32 Å². The Morgan fingerprint density at radius 1 is 1.21 bits per heavy atom. The smallest absolute Gasteiger partial charge is 0.233 e. The zero-order valence-electron chi connectivity index (χ0n) is 13.1. The van der Waals surface area contributed by atoms with E-state index in [1.54, 1.807) is 18.2 Å². The van der Waals surface area contributed by atoms with E-state index in [-0.39, 0.29) is 42.5 Å². The van der Waals surface area contributed by atoms with Crippen LogP contribution >= 0.6 is 27.5 Å². The standard InChI is InChI=1S/C17H18BrClN2O3/c18-10-5-6-14(13(19)9-10)20-15(22)7-8-21-16(23)11-3-1-2-4-12(11)17(21)24/h5-6,9,11-12H,1-4,7-8H2,(H,20,22). The van der Waals surface area contributed by atoms with Gasteiger partial charge in [0.05, 0.1) is 22.5 Å². The topological polar surface area (TPSA) is 66.5 Å². The first-order chi connectivity index (χ1) is 11.5. The Labute approximate surface area is 153 Å². The molecule has 1 saturated heterocycles. The Morgan fingerprint density at radius 3 is 2.42 bits per heavy atom. The molecule has 1 aliphatic heterocycles. The Bertz CT molecular complexity index is 670. The maximum atomic E-state index is 12.4. The molecule has 1 aromatic carbocycles. The van der Waals surface area contributed by atoms with Gasteiger partial charge >= 0.3 is 0 Å². The fraction of sp³-hybridized carbons (Fsp3) is 0.471. The van der Waals surface area contributed by atoms with Gasteiger partial charge in [0.15, 0.2) is 0 Å². The number of carbonyl (C=O) groups excluding carboxylic acids is 3. The van der Waals surface area contributed by atoms with Gasteiger partial charge < -0.3 is 5.32 Å². The van der Waals surface area contributed by atoms with Gasteiger partial charge in [0.2, 0.25) is 17.7 Å². The van der Waals surface area contributed by atoms with E-state index in [1.165, 1.54) is 4.90 Å². The molecule has 0 bridgehead atoms. The van der Waals surface area contributed by atoms with Gasteiger partial charge in [-0.05, 0) is 31.0 Å². The molecule has 3 rings (SSSR count). The maximum absolute atomic E-state index is 12.4. The monoisotopic (exact) mass is 412 g/mol. The van der Waals surface area contributed by atoms with E-state index in [1.807, 2.05) is 0 Å². The number of imide groups is 1. The first kappa shape index (κ1) is 17.4. The third-order valence-corrected chi connectivity index (χ3v) is 5.51.